The average Bonchev–Trinajstić information content (AvgIpc) is 3.37. The predicted molar refractivity (Wildman–Crippen MR) is 132 cm³/mol. The van der Waals surface area contributed by atoms with Crippen LogP contribution in [0.25, 0.3) is 22.3 Å². The van der Waals surface area contributed by atoms with Crippen LogP contribution in [0, 0.1) is 6.92 Å². The largest absolute Gasteiger partial charge is 0.496 e. The Morgan fingerprint density at radius 1 is 1.09 bits per heavy atom. The van der Waals surface area contributed by atoms with Crippen molar-refractivity contribution in [2.24, 2.45) is 7.05 Å². The monoisotopic (exact) mass is 518 g/mol. The van der Waals surface area contributed by atoms with Crippen LogP contribution < -0.4 is 24.5 Å². The highest BCUT2D eigenvalue weighted by atomic mass is 32.2. The van der Waals surface area contributed by atoms with Crippen molar-refractivity contribution in [1.82, 2.24) is 24.4 Å². The number of sulfonamides is 1. The van der Waals surface area contributed by atoms with E-state index in [-0.39, 0.29) is 11.2 Å². The second kappa shape index (κ2) is 9.38. The van der Waals surface area contributed by atoms with Crippen molar-refractivity contribution in [2.75, 3.05) is 26.1 Å². The van der Waals surface area contributed by atoms with Crippen LogP contribution in [0.5, 0.6) is 17.2 Å². The molecule has 0 aliphatic carbocycles. The summed E-state index contributed by atoms with van der Waals surface area (Å²) in [5.41, 5.74) is 0.874. The molecule has 4 aromatic rings. The van der Waals surface area contributed by atoms with Gasteiger partial charge in [-0.2, -0.15) is 0 Å². The lowest BCUT2D eigenvalue weighted by molar-refractivity contribution is 0.374. The number of nitrogens with one attached hydrogen (secondary N) is 1. The number of methoxy groups -OCH3 is 3. The zero-order valence-electron chi connectivity index (χ0n) is 19.5. The van der Waals surface area contributed by atoms with E-state index in [4.69, 9.17) is 14.2 Å². The fourth-order valence-electron chi connectivity index (χ4n) is 3.37. The Kier molecular flexibility index (Phi) is 6.49. The Morgan fingerprint density at radius 3 is 2.34 bits per heavy atom. The number of aryl methyl sites for hydroxylation is 2. The van der Waals surface area contributed by atoms with E-state index >= 15 is 0 Å². The normalized spacial score (nSPS) is 11.8. The van der Waals surface area contributed by atoms with Crippen molar-refractivity contribution in [3.63, 3.8) is 0 Å². The first-order chi connectivity index (χ1) is 16.7. The van der Waals surface area contributed by atoms with Crippen molar-refractivity contribution in [3.05, 3.63) is 50.9 Å². The van der Waals surface area contributed by atoms with Crippen molar-refractivity contribution in [3.8, 4) is 27.8 Å². The molecule has 0 aliphatic rings. The molecule has 0 aliphatic heterocycles. The van der Waals surface area contributed by atoms with Gasteiger partial charge in [-0.15, -0.1) is 10.2 Å². The van der Waals surface area contributed by atoms with Gasteiger partial charge in [0, 0.05) is 19.2 Å². The summed E-state index contributed by atoms with van der Waals surface area (Å²) in [6.45, 7) is 1.79. The molecule has 0 bridgehead atoms. The van der Waals surface area contributed by atoms with Crippen molar-refractivity contribution in [2.45, 2.75) is 6.92 Å². The van der Waals surface area contributed by atoms with Crippen LogP contribution in [0.4, 0.5) is 5.69 Å². The molecule has 0 spiro atoms. The smallest absolute Gasteiger partial charge is 0.279 e. The highest BCUT2D eigenvalue weighted by molar-refractivity contribution is 7.95. The summed E-state index contributed by atoms with van der Waals surface area (Å²) in [5.74, 6) is 1.24. The molecular formula is C21H22N6O6S2. The summed E-state index contributed by atoms with van der Waals surface area (Å²) in [6.07, 6.45) is 4.14. The molecule has 12 nitrogen and oxygen atoms in total. The Bertz CT molecular complexity index is 1580. The highest BCUT2D eigenvalue weighted by Crippen LogP contribution is 2.35. The van der Waals surface area contributed by atoms with Gasteiger partial charge in [0.15, 0.2) is 10.7 Å². The minimum atomic E-state index is -3.97. The second-order valence-corrected chi connectivity index (χ2v) is 9.98. The lowest BCUT2D eigenvalue weighted by Crippen LogP contribution is -2.16. The molecule has 0 saturated carbocycles. The Labute approximate surface area is 204 Å². The van der Waals surface area contributed by atoms with E-state index in [9.17, 15) is 13.2 Å². The highest BCUT2D eigenvalue weighted by Gasteiger charge is 2.20. The summed E-state index contributed by atoms with van der Waals surface area (Å²) in [5, 5.41) is 10.1. The van der Waals surface area contributed by atoms with Crippen LogP contribution in [-0.4, -0.2) is 54.1 Å². The van der Waals surface area contributed by atoms with Gasteiger partial charge in [0.05, 0.1) is 50.4 Å². The molecule has 1 aromatic carbocycles. The van der Waals surface area contributed by atoms with Crippen molar-refractivity contribution < 1.29 is 22.6 Å². The molecule has 0 amide bonds. The Morgan fingerprint density at radius 2 is 1.77 bits per heavy atom. The van der Waals surface area contributed by atoms with Gasteiger partial charge in [-0.1, -0.05) is 11.3 Å². The van der Waals surface area contributed by atoms with Gasteiger partial charge in [-0.05, 0) is 13.0 Å². The van der Waals surface area contributed by atoms with Crippen LogP contribution >= 0.6 is 11.3 Å². The lowest BCUT2D eigenvalue weighted by Gasteiger charge is -2.12. The zero-order chi connectivity index (χ0) is 25.3. The number of nitrogens with zero attached hydrogens (tertiary/aromatic N) is 5. The van der Waals surface area contributed by atoms with Crippen LogP contribution in [0.2, 0.25) is 0 Å². The number of ether oxygens (including phenoxy) is 3. The second-order valence-electron chi connectivity index (χ2n) is 7.24. The van der Waals surface area contributed by atoms with Gasteiger partial charge in [0.2, 0.25) is 0 Å². The van der Waals surface area contributed by atoms with Gasteiger partial charge < -0.3 is 14.2 Å². The van der Waals surface area contributed by atoms with E-state index in [0.29, 0.717) is 44.0 Å². The molecule has 0 fully saturated rings. The molecule has 35 heavy (non-hydrogen) atoms. The molecule has 0 saturated heterocycles. The fourth-order valence-corrected chi connectivity index (χ4v) is 4.91. The topological polar surface area (TPSA) is 139 Å². The zero-order valence-corrected chi connectivity index (χ0v) is 21.1. The molecule has 0 radical (unpaired) electrons. The molecule has 1 N–H and O–H groups in total. The summed E-state index contributed by atoms with van der Waals surface area (Å²) in [6, 6.07) is 3.23. The van der Waals surface area contributed by atoms with Gasteiger partial charge in [-0.3, -0.25) is 9.52 Å². The van der Waals surface area contributed by atoms with Crippen molar-refractivity contribution in [1.29, 1.82) is 0 Å². The molecule has 14 heteroatoms. The summed E-state index contributed by atoms with van der Waals surface area (Å²) in [7, 11) is 2.00. The maximum Gasteiger partial charge on any atom is 0.279 e. The number of rotatable bonds is 8. The Hall–Kier alpha value is -3.91. The maximum absolute atomic E-state index is 12.8. The molecular weight excluding hydrogens is 496 g/mol. The van der Waals surface area contributed by atoms with E-state index in [0.717, 1.165) is 5.41 Å². The predicted octanol–water partition coefficient (Wildman–Crippen LogP) is 2.30. The number of hydrogen-bond donors (Lipinski definition) is 1. The van der Waals surface area contributed by atoms with Gasteiger partial charge in [0.25, 0.3) is 15.6 Å². The number of fused-ring (bicyclic) bond motifs is 1. The van der Waals surface area contributed by atoms with Crippen molar-refractivity contribution >= 4 is 38.8 Å². The lowest BCUT2D eigenvalue weighted by atomic mass is 10.1. The van der Waals surface area contributed by atoms with E-state index < -0.39 is 10.0 Å². The van der Waals surface area contributed by atoms with Gasteiger partial charge in [-0.25, -0.2) is 22.6 Å². The summed E-state index contributed by atoms with van der Waals surface area (Å²) >= 11 is 1.27. The molecule has 4 rings (SSSR count). The van der Waals surface area contributed by atoms with Crippen LogP contribution in [-0.2, 0) is 17.1 Å². The fraction of sp³-hybridized carbons (Fsp3) is 0.238. The average molecular weight is 519 g/mol. The van der Waals surface area contributed by atoms with Gasteiger partial charge >= 0.3 is 0 Å². The van der Waals surface area contributed by atoms with E-state index in [1.165, 1.54) is 60.3 Å². The summed E-state index contributed by atoms with van der Waals surface area (Å²) < 4.78 is 46.7. The Balaban J connectivity index is 1.67. The SMILES string of the molecule is COc1cc(OC)c(/C=C/S(=O)(=O)Nc2cnc3c(-c4nnc(C)s4)c(=O)n(C)n3c2)c(OC)c1. The molecule has 3 aromatic heterocycles. The summed E-state index contributed by atoms with van der Waals surface area (Å²) in [4.78, 5) is 17.1. The number of anilines is 1. The first-order valence-electron chi connectivity index (χ1n) is 10.1. The number of aromatic nitrogens is 5. The van der Waals surface area contributed by atoms with E-state index in [2.05, 4.69) is 19.9 Å². The van der Waals surface area contributed by atoms with E-state index in [1.54, 1.807) is 26.1 Å². The third-order valence-corrected chi connectivity index (χ3v) is 6.90. The first-order valence-corrected chi connectivity index (χ1v) is 12.4. The van der Waals surface area contributed by atoms with Crippen LogP contribution in [0.15, 0.2) is 34.7 Å². The standard InChI is InChI=1S/C21H22N6O6S2/c1-12-23-24-20(34-12)18-19-22-10-13(11-27(19)26(2)21(18)28)25-35(29,30)7-6-15-16(32-4)8-14(31-3)9-17(15)33-5/h6-11,25H,1-5H3/b7-6+. The van der Waals surface area contributed by atoms with Crippen LogP contribution in [0.1, 0.15) is 10.6 Å². The third-order valence-electron chi connectivity index (χ3n) is 5.03. The maximum atomic E-state index is 12.8. The van der Waals surface area contributed by atoms with E-state index in [1.807, 2.05) is 0 Å². The third kappa shape index (κ3) is 4.70. The van der Waals surface area contributed by atoms with Gasteiger partial charge in [0.1, 0.15) is 27.8 Å². The quantitative estimate of drug-likeness (QED) is 0.372. The number of benzene rings is 1. The first kappa shape index (κ1) is 24.2. The molecule has 0 atom stereocenters. The van der Waals surface area contributed by atoms with Crippen LogP contribution in [0.3, 0.4) is 0 Å². The number of hydrogen-bond acceptors (Lipinski definition) is 10. The minimum absolute atomic E-state index is 0.154. The molecule has 3 heterocycles. The molecule has 0 unspecified atom stereocenters. The molecule has 184 valence electrons. The minimum Gasteiger partial charge on any atom is -0.496 e.